The van der Waals surface area contributed by atoms with Crippen molar-refractivity contribution in [3.05, 3.63) is 45.9 Å². The molecule has 0 saturated carbocycles. The average Bonchev–Trinajstić information content (AvgIpc) is 2.85. The molecule has 0 fully saturated rings. The number of carbonyl (C=O) groups is 1. The summed E-state index contributed by atoms with van der Waals surface area (Å²) in [6.07, 6.45) is 1.78. The molecular formula is C13H15N3OS. The lowest BCUT2D eigenvalue weighted by molar-refractivity contribution is 0.1000. The molecule has 3 N–H and O–H groups in total. The van der Waals surface area contributed by atoms with E-state index < -0.39 is 5.91 Å². The Morgan fingerprint density at radius 2 is 2.28 bits per heavy atom. The largest absolute Gasteiger partial charge is 0.376 e. The molecule has 2 aromatic rings. The fraction of sp³-hybridized carbons (Fsp3) is 0.231. The first-order chi connectivity index (χ1) is 8.59. The molecule has 0 saturated heterocycles. The number of nitrogens with zero attached hydrogens (tertiary/aromatic N) is 1. The van der Waals surface area contributed by atoms with Gasteiger partial charge in [-0.2, -0.15) is 0 Å². The van der Waals surface area contributed by atoms with Crippen molar-refractivity contribution in [2.24, 2.45) is 5.73 Å². The van der Waals surface area contributed by atoms with E-state index in [0.29, 0.717) is 5.56 Å². The summed E-state index contributed by atoms with van der Waals surface area (Å²) in [5, 5.41) is 6.31. The first kappa shape index (κ1) is 12.6. The van der Waals surface area contributed by atoms with Crippen molar-refractivity contribution in [2.45, 2.75) is 19.9 Å². The number of primary amides is 1. The molecule has 18 heavy (non-hydrogen) atoms. The zero-order chi connectivity index (χ0) is 13.1. The van der Waals surface area contributed by atoms with E-state index in [9.17, 15) is 4.79 Å². The van der Waals surface area contributed by atoms with Crippen LogP contribution in [-0.2, 0) is 0 Å². The lowest BCUT2D eigenvalue weighted by atomic mass is 10.1. The highest BCUT2D eigenvalue weighted by molar-refractivity contribution is 7.09. The number of carbonyl (C=O) groups excluding carboxylic acids is 1. The van der Waals surface area contributed by atoms with Crippen molar-refractivity contribution in [1.29, 1.82) is 0 Å². The molecule has 1 aromatic heterocycles. The topological polar surface area (TPSA) is 68.0 Å². The molecule has 2 rings (SSSR count). The zero-order valence-electron chi connectivity index (χ0n) is 10.3. The Morgan fingerprint density at radius 3 is 2.89 bits per heavy atom. The van der Waals surface area contributed by atoms with Gasteiger partial charge in [0.15, 0.2) is 0 Å². The molecule has 1 amide bonds. The van der Waals surface area contributed by atoms with E-state index in [1.165, 1.54) is 0 Å². The van der Waals surface area contributed by atoms with Gasteiger partial charge in [0, 0.05) is 22.8 Å². The van der Waals surface area contributed by atoms with Gasteiger partial charge in [-0.1, -0.05) is 6.07 Å². The predicted octanol–water partition coefficient (Wildman–Crippen LogP) is 2.72. The third-order valence-corrected chi connectivity index (χ3v) is 3.75. The normalized spacial score (nSPS) is 12.1. The van der Waals surface area contributed by atoms with Gasteiger partial charge in [0.25, 0.3) is 0 Å². The number of hydrogen-bond donors (Lipinski definition) is 2. The van der Waals surface area contributed by atoms with Crippen molar-refractivity contribution in [3.8, 4) is 0 Å². The summed E-state index contributed by atoms with van der Waals surface area (Å²) in [7, 11) is 0. The van der Waals surface area contributed by atoms with E-state index in [-0.39, 0.29) is 6.04 Å². The van der Waals surface area contributed by atoms with Crippen molar-refractivity contribution < 1.29 is 4.79 Å². The van der Waals surface area contributed by atoms with Gasteiger partial charge in [-0.3, -0.25) is 4.79 Å². The Labute approximate surface area is 110 Å². The molecule has 94 valence electrons. The number of benzene rings is 1. The maximum Gasteiger partial charge on any atom is 0.249 e. The Bertz CT molecular complexity index is 551. The second-order valence-corrected chi connectivity index (χ2v) is 5.00. The first-order valence-electron chi connectivity index (χ1n) is 5.65. The maximum absolute atomic E-state index is 11.3. The summed E-state index contributed by atoms with van der Waals surface area (Å²) in [4.78, 5) is 15.5. The second-order valence-electron chi connectivity index (χ2n) is 4.08. The van der Waals surface area contributed by atoms with Gasteiger partial charge in [0.05, 0.1) is 6.04 Å². The molecule has 1 atom stereocenters. The number of nitrogens with one attached hydrogen (secondary N) is 1. The molecule has 4 nitrogen and oxygen atoms in total. The van der Waals surface area contributed by atoms with Gasteiger partial charge in [0.2, 0.25) is 5.91 Å². The van der Waals surface area contributed by atoms with Gasteiger partial charge in [-0.25, -0.2) is 4.98 Å². The van der Waals surface area contributed by atoms with Gasteiger partial charge in [-0.05, 0) is 31.5 Å². The Kier molecular flexibility index (Phi) is 3.62. The highest BCUT2D eigenvalue weighted by Crippen LogP contribution is 2.25. The number of anilines is 1. The van der Waals surface area contributed by atoms with Crippen LogP contribution in [-0.4, -0.2) is 10.9 Å². The monoisotopic (exact) mass is 261 g/mol. The molecule has 0 aliphatic rings. The van der Waals surface area contributed by atoms with E-state index in [1.54, 1.807) is 23.6 Å². The van der Waals surface area contributed by atoms with Gasteiger partial charge in [0.1, 0.15) is 5.01 Å². The van der Waals surface area contributed by atoms with Crippen LogP contribution in [0.1, 0.15) is 33.9 Å². The van der Waals surface area contributed by atoms with Crippen LogP contribution in [0.2, 0.25) is 0 Å². The number of nitrogens with two attached hydrogens (primary N) is 1. The quantitative estimate of drug-likeness (QED) is 0.889. The SMILES string of the molecule is Cc1c(NC(C)c2nccs2)cccc1C(N)=O. The fourth-order valence-electron chi connectivity index (χ4n) is 1.80. The summed E-state index contributed by atoms with van der Waals surface area (Å²) in [6.45, 7) is 3.92. The third kappa shape index (κ3) is 2.51. The van der Waals surface area contributed by atoms with Crippen LogP contribution in [0, 0.1) is 6.92 Å². The summed E-state index contributed by atoms with van der Waals surface area (Å²) in [5.74, 6) is -0.405. The van der Waals surface area contributed by atoms with Crippen LogP contribution in [0.3, 0.4) is 0 Å². The summed E-state index contributed by atoms with van der Waals surface area (Å²) >= 11 is 1.60. The van der Waals surface area contributed by atoms with E-state index >= 15 is 0 Å². The van der Waals surface area contributed by atoms with Gasteiger partial charge in [-0.15, -0.1) is 11.3 Å². The molecule has 1 heterocycles. The molecule has 0 aliphatic carbocycles. The second kappa shape index (κ2) is 5.18. The number of rotatable bonds is 4. The molecule has 5 heteroatoms. The smallest absolute Gasteiger partial charge is 0.249 e. The highest BCUT2D eigenvalue weighted by atomic mass is 32.1. The minimum Gasteiger partial charge on any atom is -0.376 e. The Balaban J connectivity index is 2.24. The lowest BCUT2D eigenvalue weighted by Gasteiger charge is -2.16. The van der Waals surface area contributed by atoms with E-state index in [4.69, 9.17) is 5.73 Å². The van der Waals surface area contributed by atoms with Gasteiger partial charge >= 0.3 is 0 Å². The first-order valence-corrected chi connectivity index (χ1v) is 6.53. The summed E-state index contributed by atoms with van der Waals surface area (Å²) < 4.78 is 0. The van der Waals surface area contributed by atoms with Crippen LogP contribution >= 0.6 is 11.3 Å². The maximum atomic E-state index is 11.3. The number of hydrogen-bond acceptors (Lipinski definition) is 4. The van der Waals surface area contributed by atoms with Crippen LogP contribution in [0.15, 0.2) is 29.8 Å². The zero-order valence-corrected chi connectivity index (χ0v) is 11.1. The van der Waals surface area contributed by atoms with Crippen LogP contribution in [0.25, 0.3) is 0 Å². The van der Waals surface area contributed by atoms with Crippen LogP contribution in [0.4, 0.5) is 5.69 Å². The predicted molar refractivity (Wildman–Crippen MR) is 73.8 cm³/mol. The lowest BCUT2D eigenvalue weighted by Crippen LogP contribution is -2.14. The summed E-state index contributed by atoms with van der Waals surface area (Å²) in [6, 6.07) is 5.60. The van der Waals surface area contributed by atoms with Gasteiger partial charge < -0.3 is 11.1 Å². The molecule has 1 aromatic carbocycles. The van der Waals surface area contributed by atoms with E-state index in [1.807, 2.05) is 31.4 Å². The van der Waals surface area contributed by atoms with Crippen molar-refractivity contribution >= 4 is 22.9 Å². The average molecular weight is 261 g/mol. The van der Waals surface area contributed by atoms with Crippen molar-refractivity contribution in [3.63, 3.8) is 0 Å². The number of aromatic nitrogens is 1. The van der Waals surface area contributed by atoms with Crippen molar-refractivity contribution in [1.82, 2.24) is 4.98 Å². The Hall–Kier alpha value is -1.88. The van der Waals surface area contributed by atoms with E-state index in [2.05, 4.69) is 10.3 Å². The number of thiazole rings is 1. The fourth-order valence-corrected chi connectivity index (χ4v) is 2.45. The van der Waals surface area contributed by atoms with Crippen molar-refractivity contribution in [2.75, 3.05) is 5.32 Å². The highest BCUT2D eigenvalue weighted by Gasteiger charge is 2.12. The molecule has 0 aliphatic heterocycles. The Morgan fingerprint density at radius 1 is 1.50 bits per heavy atom. The van der Waals surface area contributed by atoms with Crippen LogP contribution in [0.5, 0.6) is 0 Å². The molecular weight excluding hydrogens is 246 g/mol. The summed E-state index contributed by atoms with van der Waals surface area (Å²) in [5.41, 5.74) is 7.66. The molecule has 0 bridgehead atoms. The van der Waals surface area contributed by atoms with Crippen LogP contribution < -0.4 is 11.1 Å². The standard InChI is InChI=1S/C13H15N3OS/c1-8-10(12(14)17)4-3-5-11(8)16-9(2)13-15-6-7-18-13/h3-7,9,16H,1-2H3,(H2,14,17). The molecule has 1 unspecified atom stereocenters. The minimum absolute atomic E-state index is 0.104. The van der Waals surface area contributed by atoms with E-state index in [0.717, 1.165) is 16.3 Å². The molecule has 0 spiro atoms. The molecule has 0 radical (unpaired) electrons. The number of amides is 1. The minimum atomic E-state index is -0.405. The third-order valence-electron chi connectivity index (χ3n) is 2.79.